The van der Waals surface area contributed by atoms with Gasteiger partial charge in [-0.15, -0.1) is 0 Å². The van der Waals surface area contributed by atoms with Gasteiger partial charge in [0, 0.05) is 23.9 Å². The van der Waals surface area contributed by atoms with Gasteiger partial charge in [0.15, 0.2) is 0 Å². The molecule has 1 unspecified atom stereocenters. The van der Waals surface area contributed by atoms with E-state index in [1.54, 1.807) is 30.3 Å². The van der Waals surface area contributed by atoms with Crippen molar-refractivity contribution < 1.29 is 15.0 Å². The highest BCUT2D eigenvalue weighted by Crippen LogP contribution is 2.35. The van der Waals surface area contributed by atoms with Crippen LogP contribution in [-0.2, 0) is 4.79 Å². The highest BCUT2D eigenvalue weighted by molar-refractivity contribution is 5.78. The van der Waals surface area contributed by atoms with Crippen LogP contribution in [0.25, 0.3) is 0 Å². The van der Waals surface area contributed by atoms with Crippen molar-refractivity contribution in [2.75, 3.05) is 0 Å². The molecule has 2 aromatic rings. The summed E-state index contributed by atoms with van der Waals surface area (Å²) in [5.41, 5.74) is 1.51. The molecule has 3 N–H and O–H groups in total. The first-order valence-corrected chi connectivity index (χ1v) is 7.99. The third kappa shape index (κ3) is 3.65. The zero-order chi connectivity index (χ0) is 16.2. The molecule has 0 saturated heterocycles. The third-order valence-electron chi connectivity index (χ3n) is 4.44. The minimum Gasteiger partial charge on any atom is -0.508 e. The third-order valence-corrected chi connectivity index (χ3v) is 4.44. The van der Waals surface area contributed by atoms with Crippen molar-refractivity contribution in [3.05, 3.63) is 59.7 Å². The number of phenols is 2. The molecule has 23 heavy (non-hydrogen) atoms. The normalized spacial score (nSPS) is 15.7. The van der Waals surface area contributed by atoms with Gasteiger partial charge in [-0.2, -0.15) is 0 Å². The van der Waals surface area contributed by atoms with E-state index in [0.717, 1.165) is 18.4 Å². The first-order valence-electron chi connectivity index (χ1n) is 7.99. The molecule has 1 aliphatic rings. The van der Waals surface area contributed by atoms with Crippen LogP contribution in [0, 0.1) is 0 Å². The highest BCUT2D eigenvalue weighted by atomic mass is 16.3. The molecular weight excluding hydrogens is 290 g/mol. The lowest BCUT2D eigenvalue weighted by Crippen LogP contribution is -2.40. The van der Waals surface area contributed by atoms with E-state index in [-0.39, 0.29) is 35.8 Å². The molecule has 1 atom stereocenters. The highest BCUT2D eigenvalue weighted by Gasteiger charge is 2.24. The molecule has 0 bridgehead atoms. The van der Waals surface area contributed by atoms with Crippen LogP contribution in [-0.4, -0.2) is 22.2 Å². The number of hydrogen-bond acceptors (Lipinski definition) is 3. The summed E-state index contributed by atoms with van der Waals surface area (Å²) in [6.45, 7) is 0. The summed E-state index contributed by atoms with van der Waals surface area (Å²) in [5, 5.41) is 22.9. The van der Waals surface area contributed by atoms with Gasteiger partial charge in [-0.05, 0) is 43.0 Å². The summed E-state index contributed by atoms with van der Waals surface area (Å²) in [6.07, 6.45) is 3.50. The molecule has 0 radical (unpaired) electrons. The van der Waals surface area contributed by atoms with E-state index in [2.05, 4.69) is 5.32 Å². The van der Waals surface area contributed by atoms with E-state index >= 15 is 0 Å². The molecule has 2 aromatic carbocycles. The monoisotopic (exact) mass is 311 g/mol. The van der Waals surface area contributed by atoms with Crippen LogP contribution in [0.5, 0.6) is 11.5 Å². The Kier molecular flexibility index (Phi) is 4.51. The van der Waals surface area contributed by atoms with E-state index in [9.17, 15) is 15.0 Å². The van der Waals surface area contributed by atoms with E-state index < -0.39 is 0 Å². The van der Waals surface area contributed by atoms with Crippen molar-refractivity contribution in [1.29, 1.82) is 0 Å². The number of benzene rings is 2. The molecular formula is C19H21NO3. The second kappa shape index (κ2) is 6.73. The van der Waals surface area contributed by atoms with Crippen LogP contribution in [0.2, 0.25) is 0 Å². The molecule has 120 valence electrons. The van der Waals surface area contributed by atoms with Crippen LogP contribution in [0.3, 0.4) is 0 Å². The number of para-hydroxylation sites is 1. The van der Waals surface area contributed by atoms with E-state index in [1.165, 1.54) is 6.42 Å². The molecule has 3 rings (SSSR count). The number of carbonyl (C=O) groups is 1. The van der Waals surface area contributed by atoms with Crippen LogP contribution < -0.4 is 5.32 Å². The Morgan fingerprint density at radius 1 is 1.13 bits per heavy atom. The topological polar surface area (TPSA) is 69.6 Å². The lowest BCUT2D eigenvalue weighted by Gasteiger charge is -2.27. The fourth-order valence-electron chi connectivity index (χ4n) is 2.96. The molecule has 0 aliphatic heterocycles. The summed E-state index contributed by atoms with van der Waals surface area (Å²) in [6, 6.07) is 14.2. The van der Waals surface area contributed by atoms with Gasteiger partial charge in [-0.1, -0.05) is 30.3 Å². The number of carbonyl (C=O) groups excluding carboxylic acids is 1. The van der Waals surface area contributed by atoms with Gasteiger partial charge < -0.3 is 15.5 Å². The summed E-state index contributed by atoms with van der Waals surface area (Å²) in [7, 11) is 0. The maximum atomic E-state index is 12.3. The quantitative estimate of drug-likeness (QED) is 0.793. The Labute approximate surface area is 135 Å². The SMILES string of the molecule is O=C(CC(c1cccc(O)c1)c1ccccc1O)NC1CCC1. The number of amides is 1. The van der Waals surface area contributed by atoms with Gasteiger partial charge >= 0.3 is 0 Å². The average molecular weight is 311 g/mol. The number of phenolic OH excluding ortho intramolecular Hbond substituents is 2. The maximum absolute atomic E-state index is 12.3. The molecule has 1 amide bonds. The van der Waals surface area contributed by atoms with Crippen molar-refractivity contribution in [1.82, 2.24) is 5.32 Å². The lowest BCUT2D eigenvalue weighted by atomic mass is 9.86. The Morgan fingerprint density at radius 3 is 2.57 bits per heavy atom. The van der Waals surface area contributed by atoms with Crippen molar-refractivity contribution in [3.63, 3.8) is 0 Å². The second-order valence-electron chi connectivity index (χ2n) is 6.11. The summed E-state index contributed by atoms with van der Waals surface area (Å²) >= 11 is 0. The summed E-state index contributed by atoms with van der Waals surface area (Å²) in [5.74, 6) is 0.00859. The Balaban J connectivity index is 1.86. The zero-order valence-electron chi connectivity index (χ0n) is 12.9. The minimum atomic E-state index is -0.289. The smallest absolute Gasteiger partial charge is 0.221 e. The number of hydrogen-bond donors (Lipinski definition) is 3. The van der Waals surface area contributed by atoms with Gasteiger partial charge in [0.2, 0.25) is 5.91 Å². The maximum Gasteiger partial charge on any atom is 0.221 e. The van der Waals surface area contributed by atoms with Gasteiger partial charge in [-0.25, -0.2) is 0 Å². The van der Waals surface area contributed by atoms with Crippen molar-refractivity contribution in [3.8, 4) is 11.5 Å². The first-order chi connectivity index (χ1) is 11.1. The van der Waals surface area contributed by atoms with Crippen molar-refractivity contribution >= 4 is 5.91 Å². The zero-order valence-corrected chi connectivity index (χ0v) is 12.9. The van der Waals surface area contributed by atoms with Gasteiger partial charge in [-0.3, -0.25) is 4.79 Å². The Morgan fingerprint density at radius 2 is 1.91 bits per heavy atom. The summed E-state index contributed by atoms with van der Waals surface area (Å²) < 4.78 is 0. The van der Waals surface area contributed by atoms with Crippen molar-refractivity contribution in [2.24, 2.45) is 0 Å². The van der Waals surface area contributed by atoms with Crippen LogP contribution in [0.4, 0.5) is 0 Å². The van der Waals surface area contributed by atoms with Gasteiger partial charge in [0.05, 0.1) is 0 Å². The standard InChI is InChI=1S/C19H21NO3/c21-15-8-3-5-13(11-15)17(16-9-1-2-10-18(16)22)12-19(23)20-14-6-4-7-14/h1-3,5,8-11,14,17,21-22H,4,6-7,12H2,(H,20,23). The number of aromatic hydroxyl groups is 2. The second-order valence-corrected chi connectivity index (χ2v) is 6.11. The number of rotatable bonds is 5. The van der Waals surface area contributed by atoms with Crippen LogP contribution in [0.1, 0.15) is 42.7 Å². The lowest BCUT2D eigenvalue weighted by molar-refractivity contribution is -0.122. The molecule has 1 aliphatic carbocycles. The van der Waals surface area contributed by atoms with E-state index in [4.69, 9.17) is 0 Å². The van der Waals surface area contributed by atoms with Gasteiger partial charge in [0.25, 0.3) is 0 Å². The molecule has 0 aromatic heterocycles. The average Bonchev–Trinajstić information content (AvgIpc) is 2.49. The molecule has 4 heteroatoms. The largest absolute Gasteiger partial charge is 0.508 e. The minimum absolute atomic E-state index is 0.0219. The molecule has 1 fully saturated rings. The molecule has 0 spiro atoms. The fourth-order valence-corrected chi connectivity index (χ4v) is 2.96. The van der Waals surface area contributed by atoms with E-state index in [1.807, 2.05) is 18.2 Å². The van der Waals surface area contributed by atoms with Crippen molar-refractivity contribution in [2.45, 2.75) is 37.6 Å². The molecule has 4 nitrogen and oxygen atoms in total. The van der Waals surface area contributed by atoms with Crippen LogP contribution >= 0.6 is 0 Å². The van der Waals surface area contributed by atoms with Crippen LogP contribution in [0.15, 0.2) is 48.5 Å². The summed E-state index contributed by atoms with van der Waals surface area (Å²) in [4.78, 5) is 12.3. The first kappa shape index (κ1) is 15.4. The predicted octanol–water partition coefficient (Wildman–Crippen LogP) is 3.29. The fraction of sp³-hybridized carbons (Fsp3) is 0.316. The van der Waals surface area contributed by atoms with E-state index in [0.29, 0.717) is 5.56 Å². The number of nitrogens with one attached hydrogen (secondary N) is 1. The van der Waals surface area contributed by atoms with Gasteiger partial charge in [0.1, 0.15) is 11.5 Å². The molecule has 1 saturated carbocycles. The molecule has 0 heterocycles. The predicted molar refractivity (Wildman–Crippen MR) is 88.5 cm³/mol. The Bertz CT molecular complexity index is 695. The Hall–Kier alpha value is -2.49.